The lowest BCUT2D eigenvalue weighted by molar-refractivity contribution is -0.754. The summed E-state index contributed by atoms with van der Waals surface area (Å²) in [6.07, 6.45) is 1.03. The Bertz CT molecular complexity index is 1890. The van der Waals surface area contributed by atoms with E-state index < -0.39 is 34.7 Å². The van der Waals surface area contributed by atoms with Crippen LogP contribution >= 0.6 is 18.9 Å². The Labute approximate surface area is 309 Å². The lowest BCUT2D eigenvalue weighted by Gasteiger charge is -2.20. The molecule has 3 rings (SSSR count). The summed E-state index contributed by atoms with van der Waals surface area (Å²) in [6, 6.07) is 8.04. The molecule has 288 valence electrons. The van der Waals surface area contributed by atoms with Crippen LogP contribution in [0, 0.1) is 5.41 Å². The van der Waals surface area contributed by atoms with E-state index in [1.807, 2.05) is 20.8 Å². The van der Waals surface area contributed by atoms with Crippen LogP contribution in [0.4, 0.5) is 5.13 Å². The number of rotatable bonds is 14. The summed E-state index contributed by atoms with van der Waals surface area (Å²) in [5.41, 5.74) is 1.13. The van der Waals surface area contributed by atoms with E-state index in [-0.39, 0.29) is 59.9 Å². The smallest absolute Gasteiger partial charge is 0.403 e. The fraction of sp³-hybridized carbons (Fsp3) is 0.529. The highest BCUT2D eigenvalue weighted by Crippen LogP contribution is 2.51. The molecule has 2 N–H and O–H groups in total. The van der Waals surface area contributed by atoms with Gasteiger partial charge in [-0.15, -0.1) is 11.3 Å². The molecule has 3 aromatic rings. The van der Waals surface area contributed by atoms with E-state index in [0.29, 0.717) is 21.3 Å². The van der Waals surface area contributed by atoms with Gasteiger partial charge in [0.15, 0.2) is 27.7 Å². The number of benzene rings is 1. The van der Waals surface area contributed by atoms with Gasteiger partial charge < -0.3 is 13.8 Å². The summed E-state index contributed by atoms with van der Waals surface area (Å²) in [5.74, 6) is -1.24. The quantitative estimate of drug-likeness (QED) is 0.0479. The first-order chi connectivity index (χ1) is 23.9. The summed E-state index contributed by atoms with van der Waals surface area (Å²) in [4.78, 5) is 40.7. The predicted octanol–water partition coefficient (Wildman–Crippen LogP) is 6.08. The molecule has 0 unspecified atom stereocenters. The van der Waals surface area contributed by atoms with Crippen LogP contribution in [-0.2, 0) is 49.4 Å². The highest BCUT2D eigenvalue weighted by molar-refractivity contribution is 7.90. The number of ketones is 1. The Morgan fingerprint density at radius 2 is 1.58 bits per heavy atom. The molecule has 0 radical (unpaired) electrons. The Morgan fingerprint density at radius 3 is 2.04 bits per heavy atom. The van der Waals surface area contributed by atoms with Crippen molar-refractivity contribution in [2.75, 3.05) is 38.4 Å². The van der Waals surface area contributed by atoms with Crippen LogP contribution in [0.15, 0.2) is 40.6 Å². The number of amides is 1. The molecule has 15 nitrogen and oxygen atoms in total. The van der Waals surface area contributed by atoms with Gasteiger partial charge in [-0.05, 0) is 55.8 Å². The van der Waals surface area contributed by atoms with Crippen LogP contribution in [0.25, 0.3) is 5.69 Å². The number of anilines is 1. The van der Waals surface area contributed by atoms with Crippen molar-refractivity contribution < 1.29 is 51.1 Å². The van der Waals surface area contributed by atoms with E-state index in [4.69, 9.17) is 13.8 Å². The first-order valence-corrected chi connectivity index (χ1v) is 21.0. The van der Waals surface area contributed by atoms with E-state index in [1.165, 1.54) is 30.5 Å². The number of sulfone groups is 1. The first-order valence-electron chi connectivity index (χ1n) is 16.5. The highest BCUT2D eigenvalue weighted by atomic mass is 32.2. The molecule has 0 spiro atoms. The van der Waals surface area contributed by atoms with Crippen LogP contribution in [0.1, 0.15) is 90.6 Å². The number of nitrogens with one attached hydrogen (secondary N) is 1. The average molecular weight is 785 g/mol. The predicted molar refractivity (Wildman–Crippen MR) is 199 cm³/mol. The SMILES string of the molecule is CCOC(=O)/C(CC(=O)C(C)(C)C)=[N+](/C)O.CCOP(=O)(Cc1csc(NC(=O)c2cc(C(C)(C)C)n(-c3ccc(S(C)(=O)=O)cc3)n2)n1)OCC. The van der Waals surface area contributed by atoms with Crippen molar-refractivity contribution in [2.45, 2.75) is 85.2 Å². The molecule has 0 bridgehead atoms. The minimum absolute atomic E-state index is 0.00727. The molecule has 1 aromatic carbocycles. The van der Waals surface area contributed by atoms with Gasteiger partial charge in [0.2, 0.25) is 0 Å². The fourth-order valence-electron chi connectivity index (χ4n) is 4.33. The van der Waals surface area contributed by atoms with Gasteiger partial charge in [0.1, 0.15) is 12.2 Å². The largest absolute Gasteiger partial charge is 0.458 e. The molecule has 2 aromatic heterocycles. The Hall–Kier alpha value is -3.76. The zero-order valence-corrected chi connectivity index (χ0v) is 34.2. The molecule has 1 amide bonds. The second kappa shape index (κ2) is 18.3. The molecular formula is C34H51N5O10PS2+. The monoisotopic (exact) mass is 784 g/mol. The van der Waals surface area contributed by atoms with Gasteiger partial charge in [0.05, 0.1) is 48.0 Å². The maximum atomic E-state index is 13.0. The normalized spacial score (nSPS) is 12.8. The number of ether oxygens (including phenoxy) is 1. The molecule has 0 aliphatic carbocycles. The Morgan fingerprint density at radius 1 is 1.00 bits per heavy atom. The second-order valence-corrected chi connectivity index (χ2v) is 18.5. The molecule has 0 atom stereocenters. The van der Waals surface area contributed by atoms with Gasteiger partial charge >= 0.3 is 19.3 Å². The lowest BCUT2D eigenvalue weighted by Crippen LogP contribution is -2.32. The van der Waals surface area contributed by atoms with E-state index in [1.54, 1.807) is 69.8 Å². The zero-order chi connectivity index (χ0) is 39.7. The molecule has 2 heterocycles. The van der Waals surface area contributed by atoms with Crippen molar-refractivity contribution in [2.24, 2.45) is 5.41 Å². The third-order valence-corrected chi connectivity index (χ3v) is 11.0. The fourth-order valence-corrected chi connectivity index (χ4v) is 7.39. The summed E-state index contributed by atoms with van der Waals surface area (Å²) in [5, 5.41) is 18.5. The van der Waals surface area contributed by atoms with Gasteiger partial charge in [0.25, 0.3) is 5.91 Å². The molecule has 52 heavy (non-hydrogen) atoms. The molecule has 18 heteroatoms. The van der Waals surface area contributed by atoms with E-state index >= 15 is 0 Å². The maximum Gasteiger partial charge on any atom is 0.403 e. The maximum absolute atomic E-state index is 13.0. The Balaban J connectivity index is 0.000000493. The molecular weight excluding hydrogens is 734 g/mol. The van der Waals surface area contributed by atoms with Gasteiger partial charge in [0, 0.05) is 22.5 Å². The number of esters is 1. The number of hydroxylamine groups is 1. The van der Waals surface area contributed by atoms with Crippen LogP contribution in [0.5, 0.6) is 0 Å². The van der Waals surface area contributed by atoms with Crippen LogP contribution in [0.3, 0.4) is 0 Å². The number of carbonyl (C=O) groups excluding carboxylic acids is 3. The minimum Gasteiger partial charge on any atom is -0.458 e. The van der Waals surface area contributed by atoms with Crippen molar-refractivity contribution in [1.29, 1.82) is 0 Å². The van der Waals surface area contributed by atoms with Crippen molar-refractivity contribution in [1.82, 2.24) is 14.8 Å². The number of carbonyl (C=O) groups is 3. The number of hydrogen-bond acceptors (Lipinski definition) is 13. The summed E-state index contributed by atoms with van der Waals surface area (Å²) in [7, 11) is -5.35. The second-order valence-electron chi connectivity index (χ2n) is 13.6. The van der Waals surface area contributed by atoms with Crippen LogP contribution in [-0.4, -0.2) is 89.6 Å². The molecule has 0 aliphatic rings. The lowest BCUT2D eigenvalue weighted by atomic mass is 9.88. The van der Waals surface area contributed by atoms with E-state index in [2.05, 4.69) is 15.4 Å². The number of thiazole rings is 1. The summed E-state index contributed by atoms with van der Waals surface area (Å²) >= 11 is 1.20. The van der Waals surface area contributed by atoms with Crippen molar-refractivity contribution >= 4 is 57.3 Å². The summed E-state index contributed by atoms with van der Waals surface area (Å²) in [6.45, 7) is 17.1. The van der Waals surface area contributed by atoms with Gasteiger partial charge in [-0.3, -0.25) is 24.7 Å². The summed E-state index contributed by atoms with van der Waals surface area (Å²) < 4.78 is 54.0. The highest BCUT2D eigenvalue weighted by Gasteiger charge is 2.32. The number of Topliss-reactive ketones (excluding diaryl/α,β-unsaturated/α-hetero) is 1. The standard InChI is InChI=1S/C23H31N4O6PS2.C11H20NO4/c1-7-32-34(29,33-8-2)14-16-15-35-22(24-16)25-21(28)19-13-20(23(3,4)5)27(26-19)17-9-11-18(12-10-17)36(6,30)31;1-6-16-10(14)8(12(5)15)7-9(13)11(2,3)4/h9-13,15H,7-8,14H2,1-6H3,(H,24,25,28);15H,6-7H2,1-5H3/q;+1/b;12-8-. The van der Waals surface area contributed by atoms with Gasteiger partial charge in [-0.1, -0.05) is 41.5 Å². The van der Waals surface area contributed by atoms with Crippen molar-refractivity contribution in [3.05, 3.63) is 52.8 Å². The van der Waals surface area contributed by atoms with Gasteiger partial charge in [-0.2, -0.15) is 5.10 Å². The number of aromatic nitrogens is 3. The van der Waals surface area contributed by atoms with Crippen LogP contribution < -0.4 is 5.32 Å². The topological polar surface area (TPSA) is 196 Å². The molecule has 0 saturated carbocycles. The first kappa shape index (κ1) is 44.4. The zero-order valence-electron chi connectivity index (χ0n) is 31.7. The molecule has 0 aliphatic heterocycles. The third kappa shape index (κ3) is 13.0. The average Bonchev–Trinajstić information content (AvgIpc) is 3.67. The van der Waals surface area contributed by atoms with E-state index in [9.17, 15) is 32.6 Å². The van der Waals surface area contributed by atoms with Crippen molar-refractivity contribution in [3.8, 4) is 5.69 Å². The van der Waals surface area contributed by atoms with Crippen LogP contribution in [0.2, 0.25) is 0 Å². The van der Waals surface area contributed by atoms with E-state index in [0.717, 1.165) is 11.9 Å². The van der Waals surface area contributed by atoms with Gasteiger partial charge in [-0.25, -0.2) is 22.9 Å². The third-order valence-electron chi connectivity index (χ3n) is 7.07. The number of nitrogens with zero attached hydrogens (tertiary/aromatic N) is 4. The minimum atomic E-state index is -3.33. The Kier molecular flexibility index (Phi) is 15.6. The number of hydrogen-bond donors (Lipinski definition) is 2. The van der Waals surface area contributed by atoms with Crippen molar-refractivity contribution in [3.63, 3.8) is 0 Å². The molecule has 0 saturated heterocycles. The molecule has 0 fully saturated rings.